The summed E-state index contributed by atoms with van der Waals surface area (Å²) >= 11 is 0. The van der Waals surface area contributed by atoms with Gasteiger partial charge in [0, 0.05) is 5.56 Å². The maximum Gasteiger partial charge on any atom is 0.336 e. The van der Waals surface area contributed by atoms with Crippen molar-refractivity contribution in [2.24, 2.45) is 5.10 Å². The van der Waals surface area contributed by atoms with Crippen molar-refractivity contribution in [1.82, 2.24) is 5.43 Å². The molecule has 1 heterocycles. The molecule has 3 aromatic rings. The van der Waals surface area contributed by atoms with Crippen LogP contribution in [0.1, 0.15) is 21.7 Å². The first-order chi connectivity index (χ1) is 13.6. The monoisotopic (exact) mass is 380 g/mol. The van der Waals surface area contributed by atoms with Crippen molar-refractivity contribution in [1.29, 1.82) is 0 Å². The predicted octanol–water partition coefficient (Wildman–Crippen LogP) is 3.79. The molecule has 0 unspecified atom stereocenters. The summed E-state index contributed by atoms with van der Waals surface area (Å²) in [5.41, 5.74) is 4.62. The minimum Gasteiger partial charge on any atom is -0.493 e. The molecule has 7 heteroatoms. The molecule has 0 bridgehead atoms. The first-order valence-corrected chi connectivity index (χ1v) is 8.51. The molecule has 0 spiro atoms. The summed E-state index contributed by atoms with van der Waals surface area (Å²) in [7, 11) is 3.18. The Labute approximate surface area is 162 Å². The Hall–Kier alpha value is -3.74. The third kappa shape index (κ3) is 4.32. The average Bonchev–Trinajstić information content (AvgIpc) is 3.19. The fraction of sp³-hybridized carbons (Fsp3) is 0.143. The summed E-state index contributed by atoms with van der Waals surface area (Å²) in [6, 6.07) is 15.8. The van der Waals surface area contributed by atoms with Crippen LogP contribution in [0.4, 0.5) is 0 Å². The van der Waals surface area contributed by atoms with E-state index >= 15 is 0 Å². The molecule has 0 fully saturated rings. The summed E-state index contributed by atoms with van der Waals surface area (Å²) in [5.74, 6) is 1.30. The molecule has 0 saturated heterocycles. The summed E-state index contributed by atoms with van der Waals surface area (Å²) in [6.07, 6.45) is 1.54. The number of hydrogen-bond donors (Lipinski definition) is 2. The zero-order chi connectivity index (χ0) is 19.9. The molecule has 0 aliphatic heterocycles. The van der Waals surface area contributed by atoms with E-state index in [1.807, 2.05) is 18.2 Å². The van der Waals surface area contributed by atoms with Gasteiger partial charge in [-0.15, -0.1) is 0 Å². The van der Waals surface area contributed by atoms with Gasteiger partial charge in [0.1, 0.15) is 11.5 Å². The zero-order valence-electron chi connectivity index (χ0n) is 15.5. The van der Waals surface area contributed by atoms with E-state index in [2.05, 4.69) is 10.5 Å². The van der Waals surface area contributed by atoms with Crippen LogP contribution in [0.15, 0.2) is 64.1 Å². The lowest BCUT2D eigenvalue weighted by atomic mass is 10.1. The zero-order valence-corrected chi connectivity index (χ0v) is 15.5. The smallest absolute Gasteiger partial charge is 0.336 e. The number of hydrazone groups is 1. The summed E-state index contributed by atoms with van der Waals surface area (Å²) in [4.78, 5) is 11.3. The largest absolute Gasteiger partial charge is 0.493 e. The van der Waals surface area contributed by atoms with Crippen LogP contribution in [0.3, 0.4) is 0 Å². The van der Waals surface area contributed by atoms with Crippen molar-refractivity contribution in [3.8, 4) is 22.8 Å². The molecule has 0 atom stereocenters. The van der Waals surface area contributed by atoms with Gasteiger partial charge in [-0.3, -0.25) is 0 Å². The molecule has 28 heavy (non-hydrogen) atoms. The van der Waals surface area contributed by atoms with E-state index in [0.717, 1.165) is 5.56 Å². The van der Waals surface area contributed by atoms with E-state index in [4.69, 9.17) is 13.9 Å². The number of carbonyl (C=O) groups is 1. The lowest BCUT2D eigenvalue weighted by Crippen LogP contribution is -2.05. The lowest BCUT2D eigenvalue weighted by molar-refractivity contribution is 0.0697. The highest BCUT2D eigenvalue weighted by Crippen LogP contribution is 2.27. The van der Waals surface area contributed by atoms with Gasteiger partial charge in [-0.1, -0.05) is 24.3 Å². The highest BCUT2D eigenvalue weighted by molar-refractivity contribution is 5.95. The van der Waals surface area contributed by atoms with Crippen LogP contribution in [0.2, 0.25) is 0 Å². The lowest BCUT2D eigenvalue weighted by Gasteiger charge is -2.09. The second-order valence-corrected chi connectivity index (χ2v) is 5.84. The number of furan rings is 1. The molecule has 1 aromatic heterocycles. The van der Waals surface area contributed by atoms with Crippen LogP contribution < -0.4 is 14.9 Å². The number of carboxylic acid groups (broad SMARTS) is 1. The SMILES string of the molecule is COc1ccc(CN/N=C\c2ccc(-c3ccccc3C(=O)O)o2)cc1OC. The Kier molecular flexibility index (Phi) is 5.96. The molecule has 144 valence electrons. The third-order valence-corrected chi connectivity index (χ3v) is 4.06. The number of carboxylic acids is 1. The Morgan fingerprint density at radius 2 is 1.89 bits per heavy atom. The number of hydrogen-bond acceptors (Lipinski definition) is 6. The standard InChI is InChI=1S/C21H20N2O5/c1-26-19-9-7-14(11-20(19)27-2)12-22-23-13-15-8-10-18(28-15)16-5-3-4-6-17(16)21(24)25/h3-11,13,22H,12H2,1-2H3,(H,24,25)/b23-13-. The number of rotatable bonds is 8. The number of ether oxygens (including phenoxy) is 2. The van der Waals surface area contributed by atoms with Gasteiger partial charge in [0.15, 0.2) is 11.5 Å². The van der Waals surface area contributed by atoms with Crippen LogP contribution in [0.25, 0.3) is 11.3 Å². The van der Waals surface area contributed by atoms with E-state index < -0.39 is 5.97 Å². The molecule has 2 N–H and O–H groups in total. The Balaban J connectivity index is 1.65. The van der Waals surface area contributed by atoms with Gasteiger partial charge in [-0.2, -0.15) is 5.10 Å². The highest BCUT2D eigenvalue weighted by Gasteiger charge is 2.13. The number of nitrogens with zero attached hydrogens (tertiary/aromatic N) is 1. The number of methoxy groups -OCH3 is 2. The topological polar surface area (TPSA) is 93.3 Å². The summed E-state index contributed by atoms with van der Waals surface area (Å²) in [6.45, 7) is 0.492. The van der Waals surface area contributed by atoms with E-state index in [9.17, 15) is 9.90 Å². The van der Waals surface area contributed by atoms with E-state index in [-0.39, 0.29) is 5.56 Å². The van der Waals surface area contributed by atoms with Crippen molar-refractivity contribution >= 4 is 12.2 Å². The van der Waals surface area contributed by atoms with Gasteiger partial charge in [-0.05, 0) is 35.9 Å². The van der Waals surface area contributed by atoms with Crippen LogP contribution >= 0.6 is 0 Å². The van der Waals surface area contributed by atoms with E-state index in [1.165, 1.54) is 6.21 Å². The molecule has 7 nitrogen and oxygen atoms in total. The number of benzene rings is 2. The fourth-order valence-electron chi connectivity index (χ4n) is 2.69. The van der Waals surface area contributed by atoms with E-state index in [0.29, 0.717) is 35.1 Å². The number of aromatic carboxylic acids is 1. The second-order valence-electron chi connectivity index (χ2n) is 5.84. The molecular weight excluding hydrogens is 360 g/mol. The minimum atomic E-state index is -1.00. The quantitative estimate of drug-likeness (QED) is 0.456. The Bertz CT molecular complexity index is 994. The second kappa shape index (κ2) is 8.77. The van der Waals surface area contributed by atoms with Gasteiger partial charge in [0.2, 0.25) is 0 Å². The van der Waals surface area contributed by atoms with Gasteiger partial charge in [0.25, 0.3) is 0 Å². The fourth-order valence-corrected chi connectivity index (χ4v) is 2.69. The molecule has 0 aliphatic rings. The molecule has 0 saturated carbocycles. The van der Waals surface area contributed by atoms with Crippen molar-refractivity contribution < 1.29 is 23.8 Å². The average molecular weight is 380 g/mol. The van der Waals surface area contributed by atoms with Crippen molar-refractivity contribution in [3.05, 3.63) is 71.5 Å². The number of nitrogens with one attached hydrogen (secondary N) is 1. The maximum absolute atomic E-state index is 11.3. The molecular formula is C21H20N2O5. The van der Waals surface area contributed by atoms with Gasteiger partial charge in [-0.25, -0.2) is 4.79 Å². The summed E-state index contributed by atoms with van der Waals surface area (Å²) < 4.78 is 16.2. The van der Waals surface area contributed by atoms with Gasteiger partial charge < -0.3 is 24.4 Å². The van der Waals surface area contributed by atoms with Crippen molar-refractivity contribution in [2.45, 2.75) is 6.54 Å². The van der Waals surface area contributed by atoms with Crippen molar-refractivity contribution in [2.75, 3.05) is 14.2 Å². The van der Waals surface area contributed by atoms with Crippen LogP contribution in [-0.2, 0) is 6.54 Å². The van der Waals surface area contributed by atoms with Crippen molar-refractivity contribution in [3.63, 3.8) is 0 Å². The molecule has 0 radical (unpaired) electrons. The van der Waals surface area contributed by atoms with Gasteiger partial charge >= 0.3 is 5.97 Å². The Morgan fingerprint density at radius 3 is 2.64 bits per heavy atom. The van der Waals surface area contributed by atoms with E-state index in [1.54, 1.807) is 50.6 Å². The third-order valence-electron chi connectivity index (χ3n) is 4.06. The minimum absolute atomic E-state index is 0.187. The predicted molar refractivity (Wildman–Crippen MR) is 105 cm³/mol. The van der Waals surface area contributed by atoms with Crippen LogP contribution in [-0.4, -0.2) is 31.5 Å². The molecule has 2 aromatic carbocycles. The first kappa shape index (κ1) is 19.0. The molecule has 3 rings (SSSR count). The normalized spacial score (nSPS) is 10.8. The van der Waals surface area contributed by atoms with Gasteiger partial charge in [0.05, 0.1) is 32.5 Å². The highest BCUT2D eigenvalue weighted by atomic mass is 16.5. The Morgan fingerprint density at radius 1 is 1.11 bits per heavy atom. The molecule has 0 aliphatic carbocycles. The summed E-state index contributed by atoms with van der Waals surface area (Å²) in [5, 5.41) is 13.4. The molecule has 0 amide bonds. The van der Waals surface area contributed by atoms with Crippen LogP contribution in [0, 0.1) is 0 Å². The van der Waals surface area contributed by atoms with Crippen LogP contribution in [0.5, 0.6) is 11.5 Å². The maximum atomic E-state index is 11.3. The first-order valence-electron chi connectivity index (χ1n) is 8.51.